The molecule has 1 aliphatic heterocycles. The summed E-state index contributed by atoms with van der Waals surface area (Å²) in [5.74, 6) is 0.733. The molecule has 3 aromatic rings. The van der Waals surface area contributed by atoms with E-state index < -0.39 is 0 Å². The van der Waals surface area contributed by atoms with Gasteiger partial charge < -0.3 is 9.42 Å². The summed E-state index contributed by atoms with van der Waals surface area (Å²) in [4.78, 5) is 18.6. The molecule has 1 fully saturated rings. The lowest BCUT2D eigenvalue weighted by Crippen LogP contribution is -2.29. The van der Waals surface area contributed by atoms with E-state index >= 15 is 0 Å². The van der Waals surface area contributed by atoms with E-state index in [1.165, 1.54) is 12.0 Å². The Morgan fingerprint density at radius 1 is 1.17 bits per heavy atom. The molecule has 4 rings (SSSR count). The molecule has 1 aromatic carbocycles. The lowest BCUT2D eigenvalue weighted by atomic mass is 9.88. The second-order valence-electron chi connectivity index (χ2n) is 5.59. The van der Waals surface area contributed by atoms with Crippen LogP contribution in [-0.2, 0) is 0 Å². The molecule has 7 nitrogen and oxygen atoms in total. The fourth-order valence-electron chi connectivity index (χ4n) is 3.16. The van der Waals surface area contributed by atoms with E-state index in [0.717, 1.165) is 0 Å². The number of carbonyl (C=O) groups is 1. The number of carbonyl (C=O) groups excluding carboxylic acids is 1. The molecule has 1 saturated heterocycles. The average Bonchev–Trinajstić information content (AvgIpc) is 3.35. The molecular weight excluding hydrogens is 294 g/mol. The van der Waals surface area contributed by atoms with Crippen molar-refractivity contribution in [2.75, 3.05) is 13.1 Å². The minimum atomic E-state index is -0.0607. The summed E-state index contributed by atoms with van der Waals surface area (Å²) in [6.07, 6.45) is 2.91. The molecule has 2 aromatic heterocycles. The number of likely N-dealkylation sites (tertiary alicyclic amines) is 1. The first kappa shape index (κ1) is 13.7. The topological polar surface area (TPSA) is 87.9 Å². The fraction of sp³-hybridized carbons (Fsp3) is 0.250. The summed E-state index contributed by atoms with van der Waals surface area (Å²) < 4.78 is 4.90. The summed E-state index contributed by atoms with van der Waals surface area (Å²) in [6.45, 7) is 1.16. The normalized spacial score (nSPS) is 20.8. The molecule has 3 heterocycles. The van der Waals surface area contributed by atoms with Crippen LogP contribution >= 0.6 is 0 Å². The molecule has 0 spiro atoms. The number of aromatic amines is 1. The molecule has 0 radical (unpaired) electrons. The van der Waals surface area contributed by atoms with Gasteiger partial charge in [0.2, 0.25) is 6.39 Å². The van der Waals surface area contributed by atoms with E-state index in [1.807, 2.05) is 23.1 Å². The highest BCUT2D eigenvalue weighted by Crippen LogP contribution is 2.38. The number of nitrogens with zero attached hydrogens (tertiary/aromatic N) is 4. The highest BCUT2D eigenvalue weighted by molar-refractivity contribution is 5.92. The van der Waals surface area contributed by atoms with E-state index in [-0.39, 0.29) is 17.7 Å². The maximum atomic E-state index is 12.6. The third-order valence-electron chi connectivity index (χ3n) is 4.28. The van der Waals surface area contributed by atoms with Crippen LogP contribution in [0.15, 0.2) is 53.5 Å². The minimum Gasteiger partial charge on any atom is -0.343 e. The van der Waals surface area contributed by atoms with E-state index in [4.69, 9.17) is 4.52 Å². The van der Waals surface area contributed by atoms with Crippen molar-refractivity contribution in [3.8, 4) is 0 Å². The highest BCUT2D eigenvalue weighted by atomic mass is 16.5. The number of hydrogen-bond donors (Lipinski definition) is 1. The molecule has 7 heteroatoms. The number of hydrogen-bond acceptors (Lipinski definition) is 5. The van der Waals surface area contributed by atoms with Crippen LogP contribution in [-0.4, -0.2) is 44.2 Å². The number of nitrogens with one attached hydrogen (secondary N) is 1. The van der Waals surface area contributed by atoms with Crippen LogP contribution in [0.5, 0.6) is 0 Å². The second-order valence-corrected chi connectivity index (χ2v) is 5.59. The van der Waals surface area contributed by atoms with Crippen molar-refractivity contribution in [3.63, 3.8) is 0 Å². The van der Waals surface area contributed by atoms with Gasteiger partial charge >= 0.3 is 0 Å². The SMILES string of the molecule is O=C(c1ccn[nH]1)N1CC(c2ccccc2)C(c2ncon2)C1. The van der Waals surface area contributed by atoms with E-state index in [1.54, 1.807) is 12.3 Å². The van der Waals surface area contributed by atoms with Gasteiger partial charge in [-0.05, 0) is 11.6 Å². The number of rotatable bonds is 3. The first-order valence-corrected chi connectivity index (χ1v) is 7.43. The Morgan fingerprint density at radius 2 is 2.00 bits per heavy atom. The molecular formula is C16H15N5O2. The molecule has 1 aliphatic rings. The maximum Gasteiger partial charge on any atom is 0.271 e. The van der Waals surface area contributed by atoms with Crippen molar-refractivity contribution in [2.24, 2.45) is 0 Å². The Kier molecular flexibility index (Phi) is 3.38. The smallest absolute Gasteiger partial charge is 0.271 e. The molecule has 0 saturated carbocycles. The van der Waals surface area contributed by atoms with Crippen LogP contribution in [0.4, 0.5) is 0 Å². The van der Waals surface area contributed by atoms with Gasteiger partial charge in [-0.2, -0.15) is 10.1 Å². The van der Waals surface area contributed by atoms with Crippen molar-refractivity contribution in [1.82, 2.24) is 25.2 Å². The lowest BCUT2D eigenvalue weighted by molar-refractivity contribution is 0.0783. The summed E-state index contributed by atoms with van der Waals surface area (Å²) in [5, 5.41) is 10.6. The first-order valence-electron chi connectivity index (χ1n) is 7.43. The van der Waals surface area contributed by atoms with Crippen molar-refractivity contribution in [1.29, 1.82) is 0 Å². The fourth-order valence-corrected chi connectivity index (χ4v) is 3.16. The van der Waals surface area contributed by atoms with Gasteiger partial charge in [0.05, 0.1) is 0 Å². The predicted molar refractivity (Wildman–Crippen MR) is 80.7 cm³/mol. The van der Waals surface area contributed by atoms with Gasteiger partial charge in [0.25, 0.3) is 5.91 Å². The highest BCUT2D eigenvalue weighted by Gasteiger charge is 2.39. The van der Waals surface area contributed by atoms with Crippen LogP contribution in [0.25, 0.3) is 0 Å². The average molecular weight is 309 g/mol. The Labute approximate surface area is 132 Å². The monoisotopic (exact) mass is 309 g/mol. The van der Waals surface area contributed by atoms with Crippen LogP contribution in [0.3, 0.4) is 0 Å². The van der Waals surface area contributed by atoms with E-state index in [0.29, 0.717) is 24.6 Å². The quantitative estimate of drug-likeness (QED) is 0.797. The molecule has 116 valence electrons. The predicted octanol–water partition coefficient (Wildman–Crippen LogP) is 1.82. The molecule has 1 N–H and O–H groups in total. The zero-order valence-electron chi connectivity index (χ0n) is 12.3. The molecule has 2 atom stereocenters. The largest absolute Gasteiger partial charge is 0.343 e. The van der Waals surface area contributed by atoms with Crippen molar-refractivity contribution in [2.45, 2.75) is 11.8 Å². The maximum absolute atomic E-state index is 12.6. The number of amides is 1. The lowest BCUT2D eigenvalue weighted by Gasteiger charge is -2.15. The summed E-state index contributed by atoms with van der Waals surface area (Å²) in [7, 11) is 0. The number of aromatic nitrogens is 4. The zero-order valence-corrected chi connectivity index (χ0v) is 12.3. The van der Waals surface area contributed by atoms with E-state index in [2.05, 4.69) is 32.5 Å². The summed E-state index contributed by atoms with van der Waals surface area (Å²) >= 11 is 0. The Bertz CT molecular complexity index is 770. The third kappa shape index (κ3) is 2.50. The first-order chi connectivity index (χ1) is 11.3. The van der Waals surface area contributed by atoms with Crippen molar-refractivity contribution in [3.05, 3.63) is 66.1 Å². The van der Waals surface area contributed by atoms with Gasteiger partial charge in [-0.1, -0.05) is 35.5 Å². The van der Waals surface area contributed by atoms with Crippen LogP contribution in [0.1, 0.15) is 33.7 Å². The van der Waals surface area contributed by atoms with Crippen molar-refractivity contribution >= 4 is 5.91 Å². The number of H-pyrrole nitrogens is 1. The number of benzene rings is 1. The van der Waals surface area contributed by atoms with Crippen molar-refractivity contribution < 1.29 is 9.32 Å². The molecule has 0 bridgehead atoms. The second kappa shape index (κ2) is 5.68. The van der Waals surface area contributed by atoms with Crippen LogP contribution in [0, 0.1) is 0 Å². The Hall–Kier alpha value is -2.96. The van der Waals surface area contributed by atoms with Gasteiger partial charge in [-0.3, -0.25) is 9.89 Å². The molecule has 2 unspecified atom stereocenters. The Morgan fingerprint density at radius 3 is 2.70 bits per heavy atom. The summed E-state index contributed by atoms with van der Waals surface area (Å²) in [6, 6.07) is 11.8. The molecule has 23 heavy (non-hydrogen) atoms. The standard InChI is InChI=1S/C16H15N5O2/c22-16(14-6-7-18-19-14)21-8-12(11-4-2-1-3-5-11)13(9-21)15-17-10-23-20-15/h1-7,10,12-13H,8-9H2,(H,18,19). The summed E-state index contributed by atoms with van der Waals surface area (Å²) in [5.41, 5.74) is 1.66. The van der Waals surface area contributed by atoms with Gasteiger partial charge in [0, 0.05) is 31.1 Å². The van der Waals surface area contributed by atoms with Gasteiger partial charge in [-0.15, -0.1) is 0 Å². The molecule has 0 aliphatic carbocycles. The van der Waals surface area contributed by atoms with Gasteiger partial charge in [0.1, 0.15) is 5.69 Å². The Balaban J connectivity index is 1.65. The zero-order chi connectivity index (χ0) is 15.6. The molecule has 1 amide bonds. The van der Waals surface area contributed by atoms with Crippen LogP contribution < -0.4 is 0 Å². The van der Waals surface area contributed by atoms with E-state index in [9.17, 15) is 4.79 Å². The third-order valence-corrected chi connectivity index (χ3v) is 4.28. The van der Waals surface area contributed by atoms with Gasteiger partial charge in [-0.25, -0.2) is 0 Å². The minimum absolute atomic E-state index is 0.0167. The van der Waals surface area contributed by atoms with Gasteiger partial charge in [0.15, 0.2) is 5.82 Å². The van der Waals surface area contributed by atoms with Crippen LogP contribution in [0.2, 0.25) is 0 Å².